The SMILES string of the molecule is Cc1ccc(-c2cc(N)n(C3CCS(=O)(=O)C3)n2)c(C)c1. The highest BCUT2D eigenvalue weighted by atomic mass is 32.2. The molecule has 1 aromatic heterocycles. The fourth-order valence-corrected chi connectivity index (χ4v) is 4.59. The molecule has 21 heavy (non-hydrogen) atoms. The Hall–Kier alpha value is -1.82. The number of nitrogens with zero attached hydrogens (tertiary/aromatic N) is 2. The predicted molar refractivity (Wildman–Crippen MR) is 83.9 cm³/mol. The molecule has 0 radical (unpaired) electrons. The van der Waals surface area contributed by atoms with Crippen LogP contribution in [-0.4, -0.2) is 29.7 Å². The predicted octanol–water partition coefficient (Wildman–Crippen LogP) is 2.11. The number of anilines is 1. The van der Waals surface area contributed by atoms with E-state index in [1.165, 1.54) is 5.56 Å². The minimum absolute atomic E-state index is 0.130. The molecule has 0 amide bonds. The van der Waals surface area contributed by atoms with Crippen LogP contribution in [0.1, 0.15) is 23.6 Å². The van der Waals surface area contributed by atoms with Crippen LogP contribution in [-0.2, 0) is 9.84 Å². The Morgan fingerprint density at radius 2 is 2.05 bits per heavy atom. The van der Waals surface area contributed by atoms with Gasteiger partial charge in [-0.2, -0.15) is 5.10 Å². The molecule has 112 valence electrons. The van der Waals surface area contributed by atoms with Crippen LogP contribution in [0.5, 0.6) is 0 Å². The van der Waals surface area contributed by atoms with Crippen molar-refractivity contribution in [2.24, 2.45) is 0 Å². The molecule has 0 spiro atoms. The molecule has 5 nitrogen and oxygen atoms in total. The minimum atomic E-state index is -2.95. The van der Waals surface area contributed by atoms with Crippen LogP contribution < -0.4 is 5.73 Å². The van der Waals surface area contributed by atoms with Crippen molar-refractivity contribution in [3.05, 3.63) is 35.4 Å². The van der Waals surface area contributed by atoms with Gasteiger partial charge in [-0.05, 0) is 25.8 Å². The number of aryl methyl sites for hydroxylation is 2. The summed E-state index contributed by atoms with van der Waals surface area (Å²) in [6, 6.07) is 7.85. The Morgan fingerprint density at radius 1 is 1.29 bits per heavy atom. The molecule has 1 unspecified atom stereocenters. The van der Waals surface area contributed by atoms with Gasteiger partial charge in [0.05, 0.1) is 23.2 Å². The van der Waals surface area contributed by atoms with Crippen LogP contribution in [0.15, 0.2) is 24.3 Å². The zero-order valence-electron chi connectivity index (χ0n) is 12.2. The number of benzene rings is 1. The molecule has 1 aliphatic heterocycles. The average Bonchev–Trinajstić information content (AvgIpc) is 2.92. The van der Waals surface area contributed by atoms with Gasteiger partial charge in [-0.15, -0.1) is 0 Å². The van der Waals surface area contributed by atoms with Gasteiger partial charge in [0, 0.05) is 11.6 Å². The maximum Gasteiger partial charge on any atom is 0.152 e. The van der Waals surface area contributed by atoms with Crippen LogP contribution in [0, 0.1) is 13.8 Å². The lowest BCUT2D eigenvalue weighted by Crippen LogP contribution is -2.14. The van der Waals surface area contributed by atoms with E-state index in [4.69, 9.17) is 5.73 Å². The summed E-state index contributed by atoms with van der Waals surface area (Å²) in [5.41, 5.74) is 10.2. The first-order chi connectivity index (χ1) is 9.85. The van der Waals surface area contributed by atoms with Gasteiger partial charge < -0.3 is 5.73 Å². The largest absolute Gasteiger partial charge is 0.384 e. The van der Waals surface area contributed by atoms with E-state index in [-0.39, 0.29) is 17.5 Å². The second-order valence-electron chi connectivity index (χ2n) is 5.77. The van der Waals surface area contributed by atoms with E-state index in [0.29, 0.717) is 12.2 Å². The first kappa shape index (κ1) is 14.1. The quantitative estimate of drug-likeness (QED) is 0.921. The van der Waals surface area contributed by atoms with E-state index < -0.39 is 9.84 Å². The fraction of sp³-hybridized carbons (Fsp3) is 0.400. The van der Waals surface area contributed by atoms with Gasteiger partial charge in [0.15, 0.2) is 9.84 Å². The molecule has 2 aromatic rings. The Kier molecular flexibility index (Phi) is 3.28. The van der Waals surface area contributed by atoms with E-state index >= 15 is 0 Å². The maximum atomic E-state index is 11.6. The highest BCUT2D eigenvalue weighted by molar-refractivity contribution is 7.91. The number of hydrogen-bond donors (Lipinski definition) is 1. The van der Waals surface area contributed by atoms with Crippen LogP contribution in [0.25, 0.3) is 11.3 Å². The number of rotatable bonds is 2. The molecule has 6 heteroatoms. The van der Waals surface area contributed by atoms with Gasteiger partial charge in [0.2, 0.25) is 0 Å². The summed E-state index contributed by atoms with van der Waals surface area (Å²) in [5, 5.41) is 4.55. The summed E-state index contributed by atoms with van der Waals surface area (Å²) in [6.45, 7) is 4.09. The highest BCUT2D eigenvalue weighted by Crippen LogP contribution is 2.30. The van der Waals surface area contributed by atoms with Crippen LogP contribution in [0.2, 0.25) is 0 Å². The standard InChI is InChI=1S/C15H19N3O2S/c1-10-3-4-13(11(2)7-10)14-8-15(16)18(17-14)12-5-6-21(19,20)9-12/h3-4,7-8,12H,5-6,9,16H2,1-2H3. The summed E-state index contributed by atoms with van der Waals surface area (Å²) >= 11 is 0. The number of hydrogen-bond acceptors (Lipinski definition) is 4. The van der Waals surface area contributed by atoms with Crippen molar-refractivity contribution >= 4 is 15.7 Å². The molecule has 0 aliphatic carbocycles. The third kappa shape index (κ3) is 2.68. The number of nitrogens with two attached hydrogens (primary N) is 1. The Bertz CT molecular complexity index is 793. The average molecular weight is 305 g/mol. The molecule has 1 aliphatic rings. The van der Waals surface area contributed by atoms with Crippen LogP contribution in [0.4, 0.5) is 5.82 Å². The molecule has 1 saturated heterocycles. The number of nitrogen functional groups attached to an aromatic ring is 1. The second kappa shape index (κ2) is 4.87. The van der Waals surface area contributed by atoms with E-state index in [0.717, 1.165) is 16.8 Å². The molecule has 1 atom stereocenters. The van der Waals surface area contributed by atoms with Gasteiger partial charge in [-0.25, -0.2) is 13.1 Å². The van der Waals surface area contributed by atoms with Crippen molar-refractivity contribution in [2.45, 2.75) is 26.3 Å². The van der Waals surface area contributed by atoms with Gasteiger partial charge in [-0.3, -0.25) is 0 Å². The summed E-state index contributed by atoms with van der Waals surface area (Å²) in [4.78, 5) is 0. The molecule has 0 saturated carbocycles. The molecular weight excluding hydrogens is 286 g/mol. The zero-order chi connectivity index (χ0) is 15.2. The van der Waals surface area contributed by atoms with E-state index in [9.17, 15) is 8.42 Å². The number of sulfone groups is 1. The lowest BCUT2D eigenvalue weighted by molar-refractivity contribution is 0.508. The lowest BCUT2D eigenvalue weighted by atomic mass is 10.0. The smallest absolute Gasteiger partial charge is 0.152 e. The second-order valence-corrected chi connectivity index (χ2v) is 8.00. The summed E-state index contributed by atoms with van der Waals surface area (Å²) in [5.74, 6) is 0.869. The van der Waals surface area contributed by atoms with Crippen molar-refractivity contribution in [1.29, 1.82) is 0 Å². The topological polar surface area (TPSA) is 78.0 Å². The molecule has 0 bridgehead atoms. The molecule has 3 rings (SSSR count). The fourth-order valence-electron chi connectivity index (χ4n) is 2.90. The Morgan fingerprint density at radius 3 is 2.67 bits per heavy atom. The monoisotopic (exact) mass is 305 g/mol. The first-order valence-corrected chi connectivity index (χ1v) is 8.81. The molecular formula is C15H19N3O2S. The summed E-state index contributed by atoms with van der Waals surface area (Å²) in [6.07, 6.45) is 0.584. The molecule has 1 fully saturated rings. The van der Waals surface area contributed by atoms with Crippen molar-refractivity contribution in [3.8, 4) is 11.3 Å². The van der Waals surface area contributed by atoms with E-state index in [2.05, 4.69) is 11.2 Å². The summed E-state index contributed by atoms with van der Waals surface area (Å²) in [7, 11) is -2.95. The number of aromatic nitrogens is 2. The minimum Gasteiger partial charge on any atom is -0.384 e. The first-order valence-electron chi connectivity index (χ1n) is 6.99. The van der Waals surface area contributed by atoms with Crippen molar-refractivity contribution in [2.75, 3.05) is 17.2 Å². The highest BCUT2D eigenvalue weighted by Gasteiger charge is 2.31. The molecule has 2 N–H and O–H groups in total. The molecule has 2 heterocycles. The molecule has 1 aromatic carbocycles. The van der Waals surface area contributed by atoms with Crippen molar-refractivity contribution in [3.63, 3.8) is 0 Å². The zero-order valence-corrected chi connectivity index (χ0v) is 13.0. The van der Waals surface area contributed by atoms with Crippen LogP contribution >= 0.6 is 0 Å². The Labute approximate surface area is 124 Å². The maximum absolute atomic E-state index is 11.6. The van der Waals surface area contributed by atoms with E-state index in [1.807, 2.05) is 32.0 Å². The van der Waals surface area contributed by atoms with Crippen molar-refractivity contribution < 1.29 is 8.42 Å². The third-order valence-electron chi connectivity index (χ3n) is 3.98. The van der Waals surface area contributed by atoms with Gasteiger partial charge in [-0.1, -0.05) is 23.8 Å². The van der Waals surface area contributed by atoms with Gasteiger partial charge in [0.1, 0.15) is 5.82 Å². The van der Waals surface area contributed by atoms with Gasteiger partial charge >= 0.3 is 0 Å². The van der Waals surface area contributed by atoms with Gasteiger partial charge in [0.25, 0.3) is 0 Å². The van der Waals surface area contributed by atoms with Crippen LogP contribution in [0.3, 0.4) is 0 Å². The Balaban J connectivity index is 1.98. The third-order valence-corrected chi connectivity index (χ3v) is 5.73. The van der Waals surface area contributed by atoms with Crippen molar-refractivity contribution in [1.82, 2.24) is 9.78 Å². The normalized spacial score (nSPS) is 20.8. The lowest BCUT2D eigenvalue weighted by Gasteiger charge is -2.10. The van der Waals surface area contributed by atoms with E-state index in [1.54, 1.807) is 4.68 Å². The summed E-state index contributed by atoms with van der Waals surface area (Å²) < 4.78 is 24.9.